The number of nitrogens with zero attached hydrogens (tertiary/aromatic N) is 1. The van der Waals surface area contributed by atoms with Gasteiger partial charge in [0.2, 0.25) is 5.91 Å². The molecule has 0 aliphatic heterocycles. The van der Waals surface area contributed by atoms with Crippen LogP contribution in [-0.2, 0) is 9.59 Å². The molecular formula is C12H11FN2O5. The Bertz CT molecular complexity index is 598. The average molecular weight is 282 g/mol. The minimum Gasteiger partial charge on any atom is -0.480 e. The van der Waals surface area contributed by atoms with E-state index in [4.69, 9.17) is 5.11 Å². The highest BCUT2D eigenvalue weighted by atomic mass is 19.1. The second-order valence-corrected chi connectivity index (χ2v) is 4.62. The summed E-state index contributed by atoms with van der Waals surface area (Å²) in [6.07, 6.45) is 0.937. The minimum atomic E-state index is -1.56. The third-order valence-corrected chi connectivity index (χ3v) is 3.46. The molecule has 0 aromatic heterocycles. The molecule has 2 N–H and O–H groups in total. The van der Waals surface area contributed by atoms with Gasteiger partial charge in [0.1, 0.15) is 11.2 Å². The Labute approximate surface area is 112 Å². The van der Waals surface area contributed by atoms with E-state index in [1.54, 1.807) is 0 Å². The SMILES string of the molecule is O=C(O)C1(C(=O)Nc2cc([N+](=O)[O-])ccc2F)CCC1. The van der Waals surface area contributed by atoms with Crippen LogP contribution in [0.4, 0.5) is 15.8 Å². The van der Waals surface area contributed by atoms with Gasteiger partial charge in [0.25, 0.3) is 5.69 Å². The Morgan fingerprint density at radius 1 is 1.40 bits per heavy atom. The van der Waals surface area contributed by atoms with Crippen LogP contribution in [0, 0.1) is 21.3 Å². The van der Waals surface area contributed by atoms with E-state index in [1.807, 2.05) is 0 Å². The third-order valence-electron chi connectivity index (χ3n) is 3.46. The molecule has 0 saturated heterocycles. The molecule has 0 radical (unpaired) electrons. The maximum atomic E-state index is 13.5. The van der Waals surface area contributed by atoms with Gasteiger partial charge in [-0.25, -0.2) is 4.39 Å². The number of non-ortho nitro benzene ring substituents is 1. The van der Waals surface area contributed by atoms with Gasteiger partial charge in [-0.3, -0.25) is 19.7 Å². The van der Waals surface area contributed by atoms with Crippen LogP contribution in [0.15, 0.2) is 18.2 Å². The molecule has 106 valence electrons. The van der Waals surface area contributed by atoms with Crippen LogP contribution >= 0.6 is 0 Å². The molecule has 1 fully saturated rings. The quantitative estimate of drug-likeness (QED) is 0.498. The maximum Gasteiger partial charge on any atom is 0.319 e. The number of amides is 1. The van der Waals surface area contributed by atoms with Crippen LogP contribution in [0.1, 0.15) is 19.3 Å². The number of anilines is 1. The summed E-state index contributed by atoms with van der Waals surface area (Å²) in [5.41, 5.74) is -2.34. The van der Waals surface area contributed by atoms with Gasteiger partial charge in [-0.2, -0.15) is 0 Å². The van der Waals surface area contributed by atoms with Crippen molar-refractivity contribution in [3.05, 3.63) is 34.1 Å². The second-order valence-electron chi connectivity index (χ2n) is 4.62. The van der Waals surface area contributed by atoms with Gasteiger partial charge >= 0.3 is 5.97 Å². The number of hydrogen-bond donors (Lipinski definition) is 2. The maximum absolute atomic E-state index is 13.5. The Hall–Kier alpha value is -2.51. The standard InChI is InChI=1S/C12H11FN2O5/c13-8-3-2-7(15(19)20)6-9(8)14-10(16)12(11(17)18)4-1-5-12/h2-3,6H,1,4-5H2,(H,14,16)(H,17,18). The Morgan fingerprint density at radius 3 is 2.50 bits per heavy atom. The largest absolute Gasteiger partial charge is 0.480 e. The highest BCUT2D eigenvalue weighted by molar-refractivity contribution is 6.09. The van der Waals surface area contributed by atoms with Gasteiger partial charge < -0.3 is 10.4 Å². The summed E-state index contributed by atoms with van der Waals surface area (Å²) < 4.78 is 13.5. The van der Waals surface area contributed by atoms with E-state index < -0.39 is 33.7 Å². The normalized spacial score (nSPS) is 16.1. The molecule has 2 rings (SSSR count). The van der Waals surface area contributed by atoms with Crippen molar-refractivity contribution < 1.29 is 24.0 Å². The zero-order chi connectivity index (χ0) is 14.9. The Balaban J connectivity index is 2.26. The van der Waals surface area contributed by atoms with Crippen molar-refractivity contribution >= 4 is 23.3 Å². The first-order valence-electron chi connectivity index (χ1n) is 5.85. The zero-order valence-electron chi connectivity index (χ0n) is 10.3. The molecule has 20 heavy (non-hydrogen) atoms. The topological polar surface area (TPSA) is 110 Å². The van der Waals surface area contributed by atoms with Crippen molar-refractivity contribution in [2.75, 3.05) is 5.32 Å². The number of benzene rings is 1. The number of carbonyl (C=O) groups is 2. The second kappa shape index (κ2) is 4.87. The molecule has 1 saturated carbocycles. The van der Waals surface area contributed by atoms with Crippen LogP contribution in [0.3, 0.4) is 0 Å². The van der Waals surface area contributed by atoms with Crippen molar-refractivity contribution in [1.82, 2.24) is 0 Å². The third kappa shape index (κ3) is 2.20. The van der Waals surface area contributed by atoms with Crippen molar-refractivity contribution in [3.63, 3.8) is 0 Å². The van der Waals surface area contributed by atoms with Crippen molar-refractivity contribution in [1.29, 1.82) is 0 Å². The van der Waals surface area contributed by atoms with Gasteiger partial charge in [-0.1, -0.05) is 6.42 Å². The van der Waals surface area contributed by atoms with Gasteiger partial charge in [0.15, 0.2) is 0 Å². The number of nitrogens with one attached hydrogen (secondary N) is 1. The lowest BCUT2D eigenvalue weighted by Crippen LogP contribution is -2.48. The first kappa shape index (κ1) is 13.9. The van der Waals surface area contributed by atoms with Crippen LogP contribution in [0.25, 0.3) is 0 Å². The molecule has 0 spiro atoms. The fourth-order valence-corrected chi connectivity index (χ4v) is 2.03. The molecule has 0 atom stereocenters. The lowest BCUT2D eigenvalue weighted by molar-refractivity contribution is -0.384. The van der Waals surface area contributed by atoms with E-state index in [2.05, 4.69) is 5.32 Å². The van der Waals surface area contributed by atoms with E-state index >= 15 is 0 Å². The Morgan fingerprint density at radius 2 is 2.05 bits per heavy atom. The van der Waals surface area contributed by atoms with Crippen LogP contribution < -0.4 is 5.32 Å². The minimum absolute atomic E-state index is 0.171. The summed E-state index contributed by atoms with van der Waals surface area (Å²) in [6.45, 7) is 0. The number of aliphatic carboxylic acids is 1. The van der Waals surface area contributed by atoms with E-state index in [0.29, 0.717) is 6.42 Å². The first-order valence-corrected chi connectivity index (χ1v) is 5.85. The summed E-state index contributed by atoms with van der Waals surface area (Å²) in [6, 6.07) is 2.67. The highest BCUT2D eigenvalue weighted by Crippen LogP contribution is 2.42. The first-order chi connectivity index (χ1) is 9.36. The summed E-state index contributed by atoms with van der Waals surface area (Å²) in [7, 11) is 0. The van der Waals surface area contributed by atoms with Crippen LogP contribution in [0.2, 0.25) is 0 Å². The number of carboxylic acids is 1. The van der Waals surface area contributed by atoms with Crippen molar-refractivity contribution in [3.8, 4) is 0 Å². The lowest BCUT2D eigenvalue weighted by atomic mass is 9.68. The molecule has 1 aliphatic carbocycles. The number of nitro groups is 1. The predicted octanol–water partition coefficient (Wildman–Crippen LogP) is 1.93. The summed E-state index contributed by atoms with van der Waals surface area (Å²) in [5.74, 6) is -2.98. The lowest BCUT2D eigenvalue weighted by Gasteiger charge is -2.35. The van der Waals surface area contributed by atoms with Gasteiger partial charge in [-0.15, -0.1) is 0 Å². The average Bonchev–Trinajstić information content (AvgIpc) is 2.29. The van der Waals surface area contributed by atoms with E-state index in [9.17, 15) is 24.1 Å². The number of nitro benzene ring substituents is 1. The van der Waals surface area contributed by atoms with Crippen LogP contribution in [-0.4, -0.2) is 21.9 Å². The van der Waals surface area contributed by atoms with E-state index in [1.165, 1.54) is 0 Å². The Kier molecular flexibility index (Phi) is 3.39. The monoisotopic (exact) mass is 282 g/mol. The molecule has 1 aromatic rings. The summed E-state index contributed by atoms with van der Waals surface area (Å²) >= 11 is 0. The molecule has 8 heteroatoms. The number of carbonyl (C=O) groups excluding carboxylic acids is 1. The van der Waals surface area contributed by atoms with Gasteiger partial charge in [0.05, 0.1) is 10.6 Å². The molecule has 1 aromatic carbocycles. The predicted molar refractivity (Wildman–Crippen MR) is 65.6 cm³/mol. The summed E-state index contributed by atoms with van der Waals surface area (Å²) in [4.78, 5) is 33.0. The molecule has 0 unspecified atom stereocenters. The van der Waals surface area contributed by atoms with E-state index in [0.717, 1.165) is 18.2 Å². The number of halogens is 1. The fraction of sp³-hybridized carbons (Fsp3) is 0.333. The molecular weight excluding hydrogens is 271 g/mol. The molecule has 1 aliphatic rings. The summed E-state index contributed by atoms with van der Waals surface area (Å²) in [5, 5.41) is 21.8. The molecule has 0 bridgehead atoms. The number of rotatable bonds is 4. The van der Waals surface area contributed by atoms with Gasteiger partial charge in [0, 0.05) is 12.1 Å². The van der Waals surface area contributed by atoms with Crippen LogP contribution in [0.5, 0.6) is 0 Å². The number of hydrogen-bond acceptors (Lipinski definition) is 4. The highest BCUT2D eigenvalue weighted by Gasteiger charge is 2.51. The zero-order valence-corrected chi connectivity index (χ0v) is 10.3. The molecule has 1 amide bonds. The van der Waals surface area contributed by atoms with Crippen molar-refractivity contribution in [2.24, 2.45) is 5.41 Å². The van der Waals surface area contributed by atoms with Gasteiger partial charge in [-0.05, 0) is 18.9 Å². The molecule has 7 nitrogen and oxygen atoms in total. The fourth-order valence-electron chi connectivity index (χ4n) is 2.03. The smallest absolute Gasteiger partial charge is 0.319 e. The van der Waals surface area contributed by atoms with E-state index in [-0.39, 0.29) is 18.5 Å². The molecule has 0 heterocycles. The van der Waals surface area contributed by atoms with Crippen molar-refractivity contribution in [2.45, 2.75) is 19.3 Å². The number of carboxylic acid groups (broad SMARTS) is 1.